The molecule has 0 bridgehead atoms. The molecule has 0 aliphatic rings. The lowest BCUT2D eigenvalue weighted by molar-refractivity contribution is -0.156. The fourth-order valence-electron chi connectivity index (χ4n) is 1.98. The molecule has 0 spiro atoms. The average molecular weight is 351 g/mol. The van der Waals surface area contributed by atoms with Crippen LogP contribution in [-0.2, 0) is 29.1 Å². The van der Waals surface area contributed by atoms with Gasteiger partial charge in [-0.3, -0.25) is 4.79 Å². The monoisotopic (exact) mass is 351 g/mol. The van der Waals surface area contributed by atoms with Gasteiger partial charge in [0.15, 0.2) is 6.61 Å². The fourth-order valence-corrected chi connectivity index (χ4v) is 3.04. The minimum atomic E-state index is -3.73. The van der Waals surface area contributed by atoms with Crippen LogP contribution in [0, 0.1) is 0 Å². The number of hydrogen-bond donors (Lipinski definition) is 1. The number of carbonyl (C=O) groups is 2. The van der Waals surface area contributed by atoms with E-state index in [1.807, 2.05) is 24.3 Å². The Morgan fingerprint density at radius 3 is 2.46 bits per heavy atom. The van der Waals surface area contributed by atoms with E-state index in [0.29, 0.717) is 0 Å². The number of methoxy groups -OCH3 is 1. The van der Waals surface area contributed by atoms with Gasteiger partial charge in [-0.2, -0.15) is 0 Å². The van der Waals surface area contributed by atoms with Crippen molar-refractivity contribution in [3.63, 3.8) is 0 Å². The van der Waals surface area contributed by atoms with Gasteiger partial charge in [0.05, 0.1) is 18.4 Å². The first kappa shape index (κ1) is 17.9. The summed E-state index contributed by atoms with van der Waals surface area (Å²) in [6.45, 7) is -0.623. The third kappa shape index (κ3) is 4.77. The van der Waals surface area contributed by atoms with Crippen molar-refractivity contribution < 1.29 is 27.5 Å². The molecule has 2 rings (SSSR count). The van der Waals surface area contributed by atoms with E-state index in [1.54, 1.807) is 12.1 Å². The molecular formula is C16H17NO6S. The smallest absolute Gasteiger partial charge is 0.344 e. The van der Waals surface area contributed by atoms with Gasteiger partial charge < -0.3 is 9.47 Å². The maximum atomic E-state index is 12.2. The molecule has 0 saturated carbocycles. The quantitative estimate of drug-likeness (QED) is 0.753. The number of esters is 2. The van der Waals surface area contributed by atoms with Crippen molar-refractivity contribution in [3.05, 3.63) is 42.5 Å². The van der Waals surface area contributed by atoms with Gasteiger partial charge in [0.25, 0.3) is 0 Å². The lowest BCUT2D eigenvalue weighted by Gasteiger charge is -2.08. The Labute approximate surface area is 139 Å². The molecule has 2 aromatic rings. The predicted molar refractivity (Wildman–Crippen MR) is 86.7 cm³/mol. The van der Waals surface area contributed by atoms with E-state index in [2.05, 4.69) is 14.2 Å². The topological polar surface area (TPSA) is 98.8 Å². The van der Waals surface area contributed by atoms with Gasteiger partial charge in [-0.1, -0.05) is 30.3 Å². The van der Waals surface area contributed by atoms with E-state index in [-0.39, 0.29) is 17.9 Å². The van der Waals surface area contributed by atoms with Crippen LogP contribution in [0.2, 0.25) is 0 Å². The molecule has 2 aromatic carbocycles. The van der Waals surface area contributed by atoms with E-state index < -0.39 is 28.6 Å². The van der Waals surface area contributed by atoms with Crippen LogP contribution in [0.3, 0.4) is 0 Å². The van der Waals surface area contributed by atoms with E-state index in [0.717, 1.165) is 10.8 Å². The van der Waals surface area contributed by atoms with Gasteiger partial charge in [-0.25, -0.2) is 17.9 Å². The first-order chi connectivity index (χ1) is 11.4. The highest BCUT2D eigenvalue weighted by Crippen LogP contribution is 2.18. The van der Waals surface area contributed by atoms with Crippen LogP contribution in [0.4, 0.5) is 0 Å². The summed E-state index contributed by atoms with van der Waals surface area (Å²) in [5.74, 6) is -1.37. The van der Waals surface area contributed by atoms with Gasteiger partial charge in [0.1, 0.15) is 0 Å². The Bertz CT molecular complexity index is 847. The Balaban J connectivity index is 1.93. The van der Waals surface area contributed by atoms with Crippen LogP contribution < -0.4 is 4.72 Å². The largest absolute Gasteiger partial charge is 0.466 e. The normalized spacial score (nSPS) is 11.2. The summed E-state index contributed by atoms with van der Waals surface area (Å²) in [7, 11) is -2.56. The molecular weight excluding hydrogens is 334 g/mol. The van der Waals surface area contributed by atoms with Gasteiger partial charge in [-0.15, -0.1) is 0 Å². The van der Waals surface area contributed by atoms with Crippen molar-refractivity contribution in [2.45, 2.75) is 11.3 Å². The van der Waals surface area contributed by atoms with E-state index >= 15 is 0 Å². The molecule has 24 heavy (non-hydrogen) atoms. The highest BCUT2D eigenvalue weighted by molar-refractivity contribution is 7.89. The van der Waals surface area contributed by atoms with Gasteiger partial charge in [0, 0.05) is 6.54 Å². The molecule has 7 nitrogen and oxygen atoms in total. The first-order valence-corrected chi connectivity index (χ1v) is 8.61. The summed E-state index contributed by atoms with van der Waals surface area (Å²) in [5, 5.41) is 1.74. The number of benzene rings is 2. The average Bonchev–Trinajstić information content (AvgIpc) is 2.59. The van der Waals surface area contributed by atoms with Crippen molar-refractivity contribution in [2.75, 3.05) is 20.3 Å². The third-order valence-electron chi connectivity index (χ3n) is 3.23. The summed E-state index contributed by atoms with van der Waals surface area (Å²) in [6.07, 6.45) is -0.191. The second-order valence-electron chi connectivity index (χ2n) is 4.89. The number of nitrogens with one attached hydrogen (secondary N) is 1. The second-order valence-corrected chi connectivity index (χ2v) is 6.66. The molecule has 0 aliphatic heterocycles. The SMILES string of the molecule is COC(=O)COC(=O)CCNS(=O)(=O)c1ccc2ccccc2c1. The predicted octanol–water partition coefficient (Wildman–Crippen LogP) is 1.22. The molecule has 1 N–H and O–H groups in total. The first-order valence-electron chi connectivity index (χ1n) is 7.13. The summed E-state index contributed by atoms with van der Waals surface area (Å²) in [5.41, 5.74) is 0. The summed E-state index contributed by atoms with van der Waals surface area (Å²) >= 11 is 0. The molecule has 0 amide bonds. The van der Waals surface area contributed by atoms with Gasteiger partial charge >= 0.3 is 11.9 Å². The van der Waals surface area contributed by atoms with Gasteiger partial charge in [-0.05, 0) is 22.9 Å². The van der Waals surface area contributed by atoms with Crippen molar-refractivity contribution in [2.24, 2.45) is 0 Å². The lowest BCUT2D eigenvalue weighted by Crippen LogP contribution is -2.27. The second kappa shape index (κ2) is 7.89. The highest BCUT2D eigenvalue weighted by Gasteiger charge is 2.15. The maximum absolute atomic E-state index is 12.2. The van der Waals surface area contributed by atoms with Crippen molar-refractivity contribution >= 4 is 32.7 Å². The highest BCUT2D eigenvalue weighted by atomic mass is 32.2. The Morgan fingerprint density at radius 2 is 1.75 bits per heavy atom. The van der Waals surface area contributed by atoms with Gasteiger partial charge in [0.2, 0.25) is 10.0 Å². The molecule has 0 aliphatic carbocycles. The summed E-state index contributed by atoms with van der Waals surface area (Å²) < 4.78 is 35.7. The van der Waals surface area contributed by atoms with E-state index in [1.165, 1.54) is 13.2 Å². The van der Waals surface area contributed by atoms with E-state index in [9.17, 15) is 18.0 Å². The summed E-state index contributed by atoms with van der Waals surface area (Å²) in [6, 6.07) is 12.2. The number of ether oxygens (including phenoxy) is 2. The molecule has 0 saturated heterocycles. The molecule has 128 valence electrons. The fraction of sp³-hybridized carbons (Fsp3) is 0.250. The molecule has 0 aromatic heterocycles. The van der Waals surface area contributed by atoms with Crippen molar-refractivity contribution in [3.8, 4) is 0 Å². The zero-order chi connectivity index (χ0) is 17.6. The molecule has 8 heteroatoms. The Hall–Kier alpha value is -2.45. The van der Waals surface area contributed by atoms with Crippen molar-refractivity contribution in [1.29, 1.82) is 0 Å². The Morgan fingerprint density at radius 1 is 1.04 bits per heavy atom. The Kier molecular flexibility index (Phi) is 5.88. The molecule has 0 unspecified atom stereocenters. The molecule has 0 atom stereocenters. The lowest BCUT2D eigenvalue weighted by atomic mass is 10.1. The maximum Gasteiger partial charge on any atom is 0.344 e. The van der Waals surface area contributed by atoms with Crippen LogP contribution in [-0.4, -0.2) is 40.6 Å². The van der Waals surface area contributed by atoms with Crippen LogP contribution >= 0.6 is 0 Å². The third-order valence-corrected chi connectivity index (χ3v) is 4.69. The number of sulfonamides is 1. The number of rotatable bonds is 7. The van der Waals surface area contributed by atoms with Crippen LogP contribution in [0.25, 0.3) is 10.8 Å². The standard InChI is InChI=1S/C16H17NO6S/c1-22-16(19)11-23-15(18)8-9-17-24(20,21)14-7-6-12-4-2-3-5-13(12)10-14/h2-7,10,17H,8-9,11H2,1H3. The van der Waals surface area contributed by atoms with Crippen LogP contribution in [0.15, 0.2) is 47.4 Å². The molecule has 0 radical (unpaired) electrons. The number of carbonyl (C=O) groups excluding carboxylic acids is 2. The molecule has 0 fully saturated rings. The molecule has 0 heterocycles. The van der Waals surface area contributed by atoms with Crippen LogP contribution in [0.1, 0.15) is 6.42 Å². The zero-order valence-corrected chi connectivity index (χ0v) is 13.8. The van der Waals surface area contributed by atoms with Crippen molar-refractivity contribution in [1.82, 2.24) is 4.72 Å². The zero-order valence-electron chi connectivity index (χ0n) is 13.0. The summed E-state index contributed by atoms with van der Waals surface area (Å²) in [4.78, 5) is 22.3. The number of hydrogen-bond acceptors (Lipinski definition) is 6. The van der Waals surface area contributed by atoms with Crippen LogP contribution in [0.5, 0.6) is 0 Å². The minimum absolute atomic E-state index is 0.115. The number of fused-ring (bicyclic) bond motifs is 1. The minimum Gasteiger partial charge on any atom is -0.466 e. The van der Waals surface area contributed by atoms with E-state index in [4.69, 9.17) is 0 Å².